The van der Waals surface area contributed by atoms with Crippen LogP contribution in [-0.4, -0.2) is 47.8 Å². The summed E-state index contributed by atoms with van der Waals surface area (Å²) >= 11 is 0. The highest BCUT2D eigenvalue weighted by atomic mass is 19.3. The summed E-state index contributed by atoms with van der Waals surface area (Å²) in [5, 5.41) is 4.03. The maximum atomic E-state index is 13.6. The number of piperidine rings is 1. The number of ether oxygens (including phenoxy) is 2. The van der Waals surface area contributed by atoms with Gasteiger partial charge in [-0.25, -0.2) is 13.8 Å². The van der Waals surface area contributed by atoms with Gasteiger partial charge in [0.05, 0.1) is 18.2 Å². The van der Waals surface area contributed by atoms with Crippen molar-refractivity contribution in [3.05, 3.63) is 47.3 Å². The minimum atomic E-state index is -2.67. The number of hydrogen-bond donors (Lipinski definition) is 0. The van der Waals surface area contributed by atoms with Crippen LogP contribution >= 0.6 is 0 Å². The van der Waals surface area contributed by atoms with Crippen LogP contribution in [0.15, 0.2) is 34.9 Å². The summed E-state index contributed by atoms with van der Waals surface area (Å²) in [6.45, 7) is 2.49. The van der Waals surface area contributed by atoms with Crippen molar-refractivity contribution in [1.29, 1.82) is 0 Å². The molecule has 3 heterocycles. The Morgan fingerprint density at radius 3 is 2.74 bits per heavy atom. The highest BCUT2D eigenvalue weighted by Gasteiger charge is 2.28. The van der Waals surface area contributed by atoms with E-state index in [0.717, 1.165) is 12.8 Å². The number of fused-ring (bicyclic) bond motifs is 1. The van der Waals surface area contributed by atoms with Crippen LogP contribution in [0.5, 0.6) is 11.5 Å². The van der Waals surface area contributed by atoms with Crippen LogP contribution in [0.25, 0.3) is 11.1 Å². The second kappa shape index (κ2) is 8.87. The van der Waals surface area contributed by atoms with Crippen LogP contribution in [0.2, 0.25) is 0 Å². The van der Waals surface area contributed by atoms with Gasteiger partial charge in [0.2, 0.25) is 0 Å². The molecule has 1 aliphatic heterocycles. The van der Waals surface area contributed by atoms with E-state index < -0.39 is 6.43 Å². The number of halogens is 2. The fourth-order valence-electron chi connectivity index (χ4n) is 3.88. The van der Waals surface area contributed by atoms with E-state index in [-0.39, 0.29) is 35.1 Å². The van der Waals surface area contributed by atoms with Gasteiger partial charge < -0.3 is 18.9 Å². The molecule has 1 saturated heterocycles. The molecule has 1 fully saturated rings. The summed E-state index contributed by atoms with van der Waals surface area (Å²) in [6.07, 6.45) is -1.17. The number of nitrogens with zero attached hydrogens (tertiary/aromatic N) is 3. The Morgan fingerprint density at radius 1 is 1.29 bits per heavy atom. The van der Waals surface area contributed by atoms with Gasteiger partial charge in [-0.1, -0.05) is 5.16 Å². The minimum Gasteiger partial charge on any atom is -0.497 e. The quantitative estimate of drug-likeness (QED) is 0.580. The smallest absolute Gasteiger partial charge is 0.264 e. The lowest BCUT2D eigenvalue weighted by atomic mass is 9.93. The molecule has 1 amide bonds. The summed E-state index contributed by atoms with van der Waals surface area (Å²) in [6, 6.07) is 8.39. The highest BCUT2D eigenvalue weighted by molar-refractivity contribution is 5.80. The van der Waals surface area contributed by atoms with E-state index in [0.29, 0.717) is 36.0 Å². The minimum absolute atomic E-state index is 0.102. The van der Waals surface area contributed by atoms with Crippen molar-refractivity contribution in [2.24, 2.45) is 0 Å². The molecule has 1 aliphatic rings. The summed E-state index contributed by atoms with van der Waals surface area (Å²) in [5.41, 5.74) is 0.856. The van der Waals surface area contributed by atoms with Crippen molar-refractivity contribution in [3.63, 3.8) is 0 Å². The Balaban J connectivity index is 1.46. The molecule has 0 unspecified atom stereocenters. The SMILES string of the molecule is COc1ccc(OCC(=O)N2CCC[C@H](c3cc(C(F)F)c4c(C)noc4n3)C2)cc1. The maximum absolute atomic E-state index is 13.6. The van der Waals surface area contributed by atoms with Crippen molar-refractivity contribution < 1.29 is 27.6 Å². The third kappa shape index (κ3) is 4.45. The summed E-state index contributed by atoms with van der Waals surface area (Å²) in [5.74, 6) is 0.946. The van der Waals surface area contributed by atoms with E-state index in [1.807, 2.05) is 0 Å². The average Bonchev–Trinajstić information content (AvgIpc) is 3.18. The summed E-state index contributed by atoms with van der Waals surface area (Å²) in [7, 11) is 1.58. The number of methoxy groups -OCH3 is 1. The maximum Gasteiger partial charge on any atom is 0.264 e. The van der Waals surface area contributed by atoms with Gasteiger partial charge in [-0.3, -0.25) is 4.79 Å². The fraction of sp³-hybridized carbons (Fsp3) is 0.409. The van der Waals surface area contributed by atoms with E-state index in [4.69, 9.17) is 14.0 Å². The molecule has 9 heteroatoms. The predicted molar refractivity (Wildman–Crippen MR) is 109 cm³/mol. The van der Waals surface area contributed by atoms with Crippen LogP contribution in [-0.2, 0) is 4.79 Å². The lowest BCUT2D eigenvalue weighted by molar-refractivity contribution is -0.134. The second-order valence-corrected chi connectivity index (χ2v) is 7.53. The number of benzene rings is 1. The molecule has 0 radical (unpaired) electrons. The molecule has 7 nitrogen and oxygen atoms in total. The van der Waals surface area contributed by atoms with Gasteiger partial charge in [0.15, 0.2) is 6.61 Å². The molecule has 3 aromatic rings. The number of amides is 1. The van der Waals surface area contributed by atoms with Gasteiger partial charge in [-0.2, -0.15) is 0 Å². The number of aryl methyl sites for hydroxylation is 1. The molecule has 1 aromatic carbocycles. The summed E-state index contributed by atoms with van der Waals surface area (Å²) in [4.78, 5) is 18.8. The van der Waals surface area contributed by atoms with Crippen molar-refractivity contribution >= 4 is 17.0 Å². The van der Waals surface area contributed by atoms with Crippen molar-refractivity contribution in [1.82, 2.24) is 15.0 Å². The number of alkyl halides is 2. The molecule has 4 rings (SSSR count). The Bertz CT molecular complexity index is 1070. The Hall–Kier alpha value is -3.23. The zero-order valence-corrected chi connectivity index (χ0v) is 17.3. The zero-order chi connectivity index (χ0) is 22.0. The Kier molecular flexibility index (Phi) is 6.01. The number of aromatic nitrogens is 2. The Morgan fingerprint density at radius 2 is 2.03 bits per heavy atom. The molecule has 0 bridgehead atoms. The van der Waals surface area contributed by atoms with Crippen LogP contribution in [0.3, 0.4) is 0 Å². The molecular weight excluding hydrogens is 408 g/mol. The van der Waals surface area contributed by atoms with E-state index in [9.17, 15) is 13.6 Å². The molecular formula is C22H23F2N3O4. The van der Waals surface area contributed by atoms with Gasteiger partial charge in [0, 0.05) is 30.3 Å². The number of hydrogen-bond acceptors (Lipinski definition) is 6. The first kappa shape index (κ1) is 21.0. The van der Waals surface area contributed by atoms with Crippen LogP contribution in [0.1, 0.15) is 42.1 Å². The Labute approximate surface area is 177 Å². The van der Waals surface area contributed by atoms with E-state index >= 15 is 0 Å². The predicted octanol–water partition coefficient (Wildman–Crippen LogP) is 4.26. The molecule has 0 spiro atoms. The van der Waals surface area contributed by atoms with Gasteiger partial charge in [-0.05, 0) is 50.1 Å². The standard InChI is InChI=1S/C22H23F2N3O4/c1-13-20-17(21(23)24)10-18(25-22(20)31-26-13)14-4-3-9-27(11-14)19(28)12-30-16-7-5-15(29-2)6-8-16/h5-8,10,14,21H,3-4,9,11-12H2,1-2H3/t14-/m0/s1. The molecule has 31 heavy (non-hydrogen) atoms. The normalized spacial score (nSPS) is 16.7. The molecule has 0 N–H and O–H groups in total. The van der Waals surface area contributed by atoms with Gasteiger partial charge in [-0.15, -0.1) is 0 Å². The first-order valence-electron chi connectivity index (χ1n) is 10.1. The first-order chi connectivity index (χ1) is 15.0. The number of likely N-dealkylation sites (tertiary alicyclic amines) is 1. The van der Waals surface area contributed by atoms with Crippen LogP contribution in [0.4, 0.5) is 8.78 Å². The van der Waals surface area contributed by atoms with Gasteiger partial charge >= 0.3 is 0 Å². The van der Waals surface area contributed by atoms with Crippen molar-refractivity contribution in [2.75, 3.05) is 26.8 Å². The lowest BCUT2D eigenvalue weighted by Gasteiger charge is -2.32. The largest absolute Gasteiger partial charge is 0.497 e. The van der Waals surface area contributed by atoms with Gasteiger partial charge in [0.1, 0.15) is 11.5 Å². The highest BCUT2D eigenvalue weighted by Crippen LogP contribution is 2.34. The molecule has 1 atom stereocenters. The fourth-order valence-corrected chi connectivity index (χ4v) is 3.88. The van der Waals surface area contributed by atoms with E-state index in [1.165, 1.54) is 6.07 Å². The third-order valence-electron chi connectivity index (χ3n) is 5.52. The number of carbonyl (C=O) groups excluding carboxylic acids is 1. The summed E-state index contributed by atoms with van der Waals surface area (Å²) < 4.78 is 43.1. The molecule has 2 aromatic heterocycles. The van der Waals surface area contributed by atoms with Crippen molar-refractivity contribution in [2.45, 2.75) is 32.1 Å². The van der Waals surface area contributed by atoms with Crippen LogP contribution in [0, 0.1) is 6.92 Å². The van der Waals surface area contributed by atoms with Crippen molar-refractivity contribution in [3.8, 4) is 11.5 Å². The topological polar surface area (TPSA) is 77.7 Å². The molecule has 0 saturated carbocycles. The second-order valence-electron chi connectivity index (χ2n) is 7.53. The van der Waals surface area contributed by atoms with Gasteiger partial charge in [0.25, 0.3) is 18.0 Å². The number of rotatable bonds is 6. The van der Waals surface area contributed by atoms with E-state index in [1.54, 1.807) is 43.2 Å². The number of carbonyl (C=O) groups is 1. The zero-order valence-electron chi connectivity index (χ0n) is 17.3. The third-order valence-corrected chi connectivity index (χ3v) is 5.52. The average molecular weight is 431 g/mol. The first-order valence-corrected chi connectivity index (χ1v) is 10.1. The number of pyridine rings is 1. The van der Waals surface area contributed by atoms with E-state index in [2.05, 4.69) is 10.1 Å². The molecule has 0 aliphatic carbocycles. The van der Waals surface area contributed by atoms with Crippen LogP contribution < -0.4 is 9.47 Å². The lowest BCUT2D eigenvalue weighted by Crippen LogP contribution is -2.41. The molecule has 164 valence electrons. The monoisotopic (exact) mass is 431 g/mol.